The predicted octanol–water partition coefficient (Wildman–Crippen LogP) is 2.08. The molecule has 0 bridgehead atoms. The fourth-order valence-electron chi connectivity index (χ4n) is 3.38. The molecule has 0 radical (unpaired) electrons. The average Bonchev–Trinajstić information content (AvgIpc) is 3.16. The molecule has 1 saturated heterocycles. The van der Waals surface area contributed by atoms with Crippen LogP contribution >= 0.6 is 24.0 Å². The number of nitrogens with one attached hydrogen (secondary N) is 2. The Kier molecular flexibility index (Phi) is 6.32. The van der Waals surface area contributed by atoms with Crippen molar-refractivity contribution in [3.8, 4) is 0 Å². The molecule has 1 aromatic rings. The zero-order valence-electron chi connectivity index (χ0n) is 13.5. The lowest BCUT2D eigenvalue weighted by Gasteiger charge is -2.38. The second-order valence-corrected chi connectivity index (χ2v) is 6.23. The highest BCUT2D eigenvalue weighted by Crippen LogP contribution is 2.47. The highest BCUT2D eigenvalue weighted by atomic mass is 127. The number of guanidine groups is 1. The third-order valence-electron chi connectivity index (χ3n) is 4.80. The van der Waals surface area contributed by atoms with Gasteiger partial charge in [-0.15, -0.1) is 24.0 Å². The van der Waals surface area contributed by atoms with Crippen LogP contribution in [-0.4, -0.2) is 50.0 Å². The lowest BCUT2D eigenvalue weighted by molar-refractivity contribution is 0.0926. The number of aliphatic imine (C=N–C) groups is 1. The molecular formula is C16H25IN4O2. The summed E-state index contributed by atoms with van der Waals surface area (Å²) in [6.45, 7) is 3.39. The van der Waals surface area contributed by atoms with Gasteiger partial charge in [0.1, 0.15) is 0 Å². The first-order valence-corrected chi connectivity index (χ1v) is 8.00. The van der Waals surface area contributed by atoms with Crippen molar-refractivity contribution in [1.82, 2.24) is 15.5 Å². The molecule has 0 atom stereocenters. The fraction of sp³-hybridized carbons (Fsp3) is 0.625. The zero-order valence-corrected chi connectivity index (χ0v) is 15.8. The number of amides is 1. The Morgan fingerprint density at radius 1 is 1.35 bits per heavy atom. The van der Waals surface area contributed by atoms with Crippen LogP contribution in [0.15, 0.2) is 27.8 Å². The molecule has 2 heterocycles. The summed E-state index contributed by atoms with van der Waals surface area (Å²) in [5.74, 6) is 1.10. The lowest BCUT2D eigenvalue weighted by atomic mass is 9.68. The summed E-state index contributed by atoms with van der Waals surface area (Å²) in [6, 6.07) is 3.36. The van der Waals surface area contributed by atoms with Crippen LogP contribution in [-0.2, 0) is 0 Å². The van der Waals surface area contributed by atoms with E-state index in [0.29, 0.717) is 24.3 Å². The maximum absolute atomic E-state index is 11.7. The smallest absolute Gasteiger partial charge is 0.287 e. The third-order valence-corrected chi connectivity index (χ3v) is 4.80. The predicted molar refractivity (Wildman–Crippen MR) is 100 cm³/mol. The number of carbonyl (C=O) groups is 1. The maximum Gasteiger partial charge on any atom is 0.287 e. The van der Waals surface area contributed by atoms with Crippen LogP contribution < -0.4 is 10.6 Å². The van der Waals surface area contributed by atoms with Crippen molar-refractivity contribution in [1.29, 1.82) is 0 Å². The molecule has 1 aliphatic carbocycles. The van der Waals surface area contributed by atoms with Crippen molar-refractivity contribution in [2.75, 3.05) is 33.2 Å². The third kappa shape index (κ3) is 4.19. The van der Waals surface area contributed by atoms with Crippen LogP contribution in [0.2, 0.25) is 0 Å². The minimum atomic E-state index is -0.184. The van der Waals surface area contributed by atoms with Gasteiger partial charge in [0.2, 0.25) is 0 Å². The van der Waals surface area contributed by atoms with E-state index in [9.17, 15) is 4.79 Å². The molecular weight excluding hydrogens is 407 g/mol. The molecule has 1 aliphatic heterocycles. The molecule has 1 spiro atoms. The number of hydrogen-bond donors (Lipinski definition) is 2. The highest BCUT2D eigenvalue weighted by molar-refractivity contribution is 14.0. The van der Waals surface area contributed by atoms with Crippen LogP contribution in [0.4, 0.5) is 0 Å². The van der Waals surface area contributed by atoms with Crippen molar-refractivity contribution >= 4 is 35.8 Å². The first-order valence-electron chi connectivity index (χ1n) is 8.00. The summed E-state index contributed by atoms with van der Waals surface area (Å²) in [6.07, 6.45) is 6.87. The maximum atomic E-state index is 11.7. The quantitative estimate of drug-likeness (QED) is 0.331. The molecule has 1 saturated carbocycles. The Hall–Kier alpha value is -1.25. The Morgan fingerprint density at radius 3 is 2.70 bits per heavy atom. The number of hydrogen-bond acceptors (Lipinski definition) is 3. The van der Waals surface area contributed by atoms with Crippen molar-refractivity contribution < 1.29 is 9.21 Å². The van der Waals surface area contributed by atoms with E-state index in [2.05, 4.69) is 20.5 Å². The standard InChI is InChI=1S/C16H24N4O2.HI/c1-17-15(20-10-7-16(12-20)5-3-6-16)19-9-8-18-14(21)13-4-2-11-22-13;/h2,4,11H,3,5-10,12H2,1H3,(H,17,19)(H,18,21);1H. The molecule has 3 rings (SSSR count). The molecule has 2 fully saturated rings. The molecule has 7 heteroatoms. The van der Waals surface area contributed by atoms with Crippen LogP contribution in [0.25, 0.3) is 0 Å². The van der Waals surface area contributed by atoms with Gasteiger partial charge in [-0.1, -0.05) is 6.42 Å². The molecule has 2 N–H and O–H groups in total. The van der Waals surface area contributed by atoms with Gasteiger partial charge in [-0.05, 0) is 36.8 Å². The van der Waals surface area contributed by atoms with Crippen molar-refractivity contribution in [2.24, 2.45) is 10.4 Å². The van der Waals surface area contributed by atoms with Crippen molar-refractivity contribution in [3.05, 3.63) is 24.2 Å². The van der Waals surface area contributed by atoms with E-state index in [4.69, 9.17) is 4.42 Å². The van der Waals surface area contributed by atoms with E-state index in [-0.39, 0.29) is 29.9 Å². The largest absolute Gasteiger partial charge is 0.459 e. The van der Waals surface area contributed by atoms with Crippen LogP contribution in [0.5, 0.6) is 0 Å². The van der Waals surface area contributed by atoms with Crippen LogP contribution in [0, 0.1) is 5.41 Å². The molecule has 23 heavy (non-hydrogen) atoms. The number of furan rings is 1. The minimum Gasteiger partial charge on any atom is -0.459 e. The Balaban J connectivity index is 0.00000192. The normalized spacial score (nSPS) is 19.2. The summed E-state index contributed by atoms with van der Waals surface area (Å²) in [5.41, 5.74) is 0.561. The minimum absolute atomic E-state index is 0. The number of likely N-dealkylation sites (tertiary alicyclic amines) is 1. The molecule has 2 aliphatic rings. The van der Waals surface area contributed by atoms with Gasteiger partial charge in [-0.25, -0.2) is 0 Å². The SMILES string of the molecule is CN=C(NCCNC(=O)c1ccco1)N1CCC2(CCC2)C1.I. The summed E-state index contributed by atoms with van der Waals surface area (Å²) in [5, 5.41) is 6.15. The van der Waals surface area contributed by atoms with Gasteiger partial charge in [0.05, 0.1) is 6.26 Å². The highest BCUT2D eigenvalue weighted by Gasteiger charge is 2.43. The Morgan fingerprint density at radius 2 is 2.13 bits per heavy atom. The van der Waals surface area contributed by atoms with Crippen molar-refractivity contribution in [3.63, 3.8) is 0 Å². The molecule has 0 unspecified atom stereocenters. The second-order valence-electron chi connectivity index (χ2n) is 6.23. The van der Waals surface area contributed by atoms with Gasteiger partial charge in [-0.3, -0.25) is 9.79 Å². The number of nitrogens with zero attached hydrogens (tertiary/aromatic N) is 2. The summed E-state index contributed by atoms with van der Waals surface area (Å²) < 4.78 is 5.05. The first-order chi connectivity index (χ1) is 10.7. The van der Waals surface area contributed by atoms with Gasteiger partial charge >= 0.3 is 0 Å². The first kappa shape index (κ1) is 18.1. The molecule has 1 amide bonds. The van der Waals surface area contributed by atoms with E-state index < -0.39 is 0 Å². The van der Waals surface area contributed by atoms with E-state index in [0.717, 1.165) is 19.0 Å². The number of rotatable bonds is 4. The number of halogens is 1. The van der Waals surface area contributed by atoms with E-state index >= 15 is 0 Å². The average molecular weight is 432 g/mol. The summed E-state index contributed by atoms with van der Waals surface area (Å²) in [4.78, 5) is 18.4. The fourth-order valence-corrected chi connectivity index (χ4v) is 3.38. The van der Waals surface area contributed by atoms with Gasteiger partial charge in [0.15, 0.2) is 11.7 Å². The van der Waals surface area contributed by atoms with E-state index in [1.54, 1.807) is 12.1 Å². The molecule has 6 nitrogen and oxygen atoms in total. The van der Waals surface area contributed by atoms with Gasteiger partial charge in [0.25, 0.3) is 5.91 Å². The summed E-state index contributed by atoms with van der Waals surface area (Å²) >= 11 is 0. The van der Waals surface area contributed by atoms with Gasteiger partial charge < -0.3 is 20.0 Å². The van der Waals surface area contributed by atoms with E-state index in [1.165, 1.54) is 31.9 Å². The van der Waals surface area contributed by atoms with E-state index in [1.807, 2.05) is 7.05 Å². The lowest BCUT2D eigenvalue weighted by Crippen LogP contribution is -2.44. The topological polar surface area (TPSA) is 69.9 Å². The number of carbonyl (C=O) groups excluding carboxylic acids is 1. The van der Waals surface area contributed by atoms with Gasteiger partial charge in [0, 0.05) is 33.2 Å². The van der Waals surface area contributed by atoms with Gasteiger partial charge in [-0.2, -0.15) is 0 Å². The molecule has 1 aromatic heterocycles. The zero-order chi connectivity index (χ0) is 15.4. The van der Waals surface area contributed by atoms with Crippen LogP contribution in [0.3, 0.4) is 0 Å². The Labute approximate surface area is 154 Å². The molecule has 0 aromatic carbocycles. The summed E-state index contributed by atoms with van der Waals surface area (Å²) in [7, 11) is 1.82. The monoisotopic (exact) mass is 432 g/mol. The van der Waals surface area contributed by atoms with Crippen LogP contribution in [0.1, 0.15) is 36.2 Å². The Bertz CT molecular complexity index is 540. The second kappa shape index (κ2) is 8.03. The van der Waals surface area contributed by atoms with Crippen molar-refractivity contribution in [2.45, 2.75) is 25.7 Å². The molecule has 128 valence electrons.